The second kappa shape index (κ2) is 8.11. The number of hydrogen-bond donors (Lipinski definition) is 0. The van der Waals surface area contributed by atoms with Crippen LogP contribution in [0.1, 0.15) is 0 Å². The Kier molecular flexibility index (Phi) is 5.57. The number of hydrogen-bond acceptors (Lipinski definition) is 5. The Morgan fingerprint density at radius 3 is 1.76 bits per heavy atom. The maximum absolute atomic E-state index is 15.7. The summed E-state index contributed by atoms with van der Waals surface area (Å²) in [5, 5.41) is 1.54. The van der Waals surface area contributed by atoms with Gasteiger partial charge in [-0.2, -0.15) is 21.6 Å². The zero-order valence-electron chi connectivity index (χ0n) is 17.2. The van der Waals surface area contributed by atoms with Crippen molar-refractivity contribution in [3.63, 3.8) is 0 Å². The van der Waals surface area contributed by atoms with Crippen LogP contribution >= 0.6 is 0 Å². The summed E-state index contributed by atoms with van der Waals surface area (Å²) in [6, 6.07) is 15.7. The molecule has 0 aliphatic heterocycles. The molecule has 0 aliphatic rings. The molecule has 0 N–H and O–H groups in total. The standard InChI is InChI=1S/C23H16F4O5S/c1-30-17-11-13-7-3-5-9-15(13)19(21(17)24)20-16-10-6-4-8-14(16)12-18(31-2)22(20)32-33(28,29)23(25,26)27/h3-12H,1-2H3. The molecular formula is C23H16F4O5S. The topological polar surface area (TPSA) is 61.8 Å². The van der Waals surface area contributed by atoms with Gasteiger partial charge in [-0.05, 0) is 33.7 Å². The molecule has 0 atom stereocenters. The van der Waals surface area contributed by atoms with Crippen LogP contribution in [0, 0.1) is 5.82 Å². The fourth-order valence-corrected chi connectivity index (χ4v) is 4.11. The molecule has 0 amide bonds. The fraction of sp³-hybridized carbons (Fsp3) is 0.130. The molecule has 4 rings (SSSR count). The molecule has 5 nitrogen and oxygen atoms in total. The van der Waals surface area contributed by atoms with Crippen molar-refractivity contribution in [3.05, 3.63) is 66.5 Å². The van der Waals surface area contributed by atoms with E-state index < -0.39 is 27.2 Å². The number of methoxy groups -OCH3 is 2. The molecule has 0 aromatic heterocycles. The molecule has 0 radical (unpaired) electrons. The number of rotatable bonds is 5. The molecule has 0 bridgehead atoms. The van der Waals surface area contributed by atoms with Gasteiger partial charge in [0.1, 0.15) is 0 Å². The van der Waals surface area contributed by atoms with Crippen LogP contribution in [0.4, 0.5) is 17.6 Å². The molecule has 4 aromatic rings. The van der Waals surface area contributed by atoms with E-state index in [1.807, 2.05) is 0 Å². The number of halogens is 4. The summed E-state index contributed by atoms with van der Waals surface area (Å²) in [5.74, 6) is -2.18. The minimum atomic E-state index is -6.10. The van der Waals surface area contributed by atoms with Gasteiger partial charge in [-0.3, -0.25) is 0 Å². The summed E-state index contributed by atoms with van der Waals surface area (Å²) >= 11 is 0. The van der Waals surface area contributed by atoms with Gasteiger partial charge in [-0.15, -0.1) is 0 Å². The van der Waals surface area contributed by atoms with Crippen LogP contribution in [-0.4, -0.2) is 28.1 Å². The molecule has 0 unspecified atom stereocenters. The molecule has 0 heterocycles. The van der Waals surface area contributed by atoms with Gasteiger partial charge < -0.3 is 13.7 Å². The average molecular weight is 480 g/mol. The highest BCUT2D eigenvalue weighted by Crippen LogP contribution is 2.49. The third kappa shape index (κ3) is 3.80. The summed E-state index contributed by atoms with van der Waals surface area (Å²) in [6.45, 7) is 0. The highest BCUT2D eigenvalue weighted by atomic mass is 32.2. The molecule has 0 fully saturated rings. The lowest BCUT2D eigenvalue weighted by molar-refractivity contribution is -0.0500. The first-order valence-corrected chi connectivity index (χ1v) is 10.9. The smallest absolute Gasteiger partial charge is 0.494 e. The zero-order valence-corrected chi connectivity index (χ0v) is 18.1. The second-order valence-electron chi connectivity index (χ2n) is 6.98. The number of fused-ring (bicyclic) bond motifs is 2. The molecular weight excluding hydrogens is 464 g/mol. The molecule has 0 saturated heterocycles. The van der Waals surface area contributed by atoms with Crippen molar-refractivity contribution in [3.8, 4) is 28.4 Å². The largest absolute Gasteiger partial charge is 0.534 e. The lowest BCUT2D eigenvalue weighted by Gasteiger charge is -2.20. The Labute approximate surface area is 186 Å². The summed E-state index contributed by atoms with van der Waals surface area (Å²) < 4.78 is 94.1. The number of ether oxygens (including phenoxy) is 2. The van der Waals surface area contributed by atoms with Crippen molar-refractivity contribution < 1.29 is 39.6 Å². The van der Waals surface area contributed by atoms with Crippen LogP contribution in [0.25, 0.3) is 32.7 Å². The van der Waals surface area contributed by atoms with Gasteiger partial charge >= 0.3 is 15.6 Å². The zero-order chi connectivity index (χ0) is 24.0. The Morgan fingerprint density at radius 1 is 0.758 bits per heavy atom. The Bertz CT molecular complexity index is 1480. The van der Waals surface area contributed by atoms with Crippen molar-refractivity contribution in [2.24, 2.45) is 0 Å². The highest BCUT2D eigenvalue weighted by Gasteiger charge is 2.49. The minimum Gasteiger partial charge on any atom is -0.494 e. The van der Waals surface area contributed by atoms with E-state index in [0.717, 1.165) is 7.11 Å². The summed E-state index contributed by atoms with van der Waals surface area (Å²) in [6.07, 6.45) is 0. The van der Waals surface area contributed by atoms with E-state index in [4.69, 9.17) is 9.47 Å². The summed E-state index contributed by atoms with van der Waals surface area (Å²) in [5.41, 5.74) is -6.12. The van der Waals surface area contributed by atoms with E-state index in [1.165, 1.54) is 25.3 Å². The van der Waals surface area contributed by atoms with Gasteiger partial charge in [0, 0.05) is 11.1 Å². The first-order valence-electron chi connectivity index (χ1n) is 9.45. The SMILES string of the molecule is COc1cc2ccccc2c(-c2c(OS(=O)(=O)C(F)(F)F)c(OC)cc3ccccc23)c1F. The molecule has 33 heavy (non-hydrogen) atoms. The van der Waals surface area contributed by atoms with Crippen molar-refractivity contribution in [1.82, 2.24) is 0 Å². The Morgan fingerprint density at radius 2 is 1.24 bits per heavy atom. The predicted molar refractivity (Wildman–Crippen MR) is 116 cm³/mol. The van der Waals surface area contributed by atoms with E-state index >= 15 is 4.39 Å². The first-order chi connectivity index (χ1) is 15.6. The van der Waals surface area contributed by atoms with Gasteiger partial charge in [-0.1, -0.05) is 48.5 Å². The Balaban J connectivity index is 2.22. The molecule has 0 aliphatic carbocycles. The average Bonchev–Trinajstić information content (AvgIpc) is 2.78. The van der Waals surface area contributed by atoms with Crippen molar-refractivity contribution >= 4 is 31.7 Å². The van der Waals surface area contributed by atoms with Gasteiger partial charge in [0.2, 0.25) is 0 Å². The van der Waals surface area contributed by atoms with E-state index in [1.54, 1.807) is 42.5 Å². The van der Waals surface area contributed by atoms with Crippen LogP contribution in [0.15, 0.2) is 60.7 Å². The maximum atomic E-state index is 15.7. The minimum absolute atomic E-state index is 0.180. The van der Waals surface area contributed by atoms with E-state index in [0.29, 0.717) is 16.2 Å². The van der Waals surface area contributed by atoms with Crippen LogP contribution in [-0.2, 0) is 10.1 Å². The third-order valence-electron chi connectivity index (χ3n) is 5.09. The van der Waals surface area contributed by atoms with Gasteiger partial charge in [-0.25, -0.2) is 4.39 Å². The van der Waals surface area contributed by atoms with E-state index in [-0.39, 0.29) is 28.0 Å². The molecule has 10 heteroatoms. The van der Waals surface area contributed by atoms with E-state index in [2.05, 4.69) is 4.18 Å². The van der Waals surface area contributed by atoms with Gasteiger partial charge in [0.15, 0.2) is 23.1 Å². The molecule has 0 spiro atoms. The third-order valence-corrected chi connectivity index (χ3v) is 6.04. The lowest BCUT2D eigenvalue weighted by Crippen LogP contribution is -2.28. The number of alkyl halides is 3. The van der Waals surface area contributed by atoms with Crippen molar-refractivity contribution in [2.75, 3.05) is 14.2 Å². The highest BCUT2D eigenvalue weighted by molar-refractivity contribution is 7.88. The second-order valence-corrected chi connectivity index (χ2v) is 8.51. The first kappa shape index (κ1) is 22.7. The van der Waals surface area contributed by atoms with Crippen LogP contribution in [0.2, 0.25) is 0 Å². The van der Waals surface area contributed by atoms with Gasteiger partial charge in [0.25, 0.3) is 0 Å². The predicted octanol–water partition coefficient (Wildman–Crippen LogP) is 6.04. The van der Waals surface area contributed by atoms with Crippen LogP contribution in [0.3, 0.4) is 0 Å². The van der Waals surface area contributed by atoms with Crippen LogP contribution in [0.5, 0.6) is 17.2 Å². The Hall–Kier alpha value is -3.53. The van der Waals surface area contributed by atoms with Crippen molar-refractivity contribution in [2.45, 2.75) is 5.51 Å². The number of benzene rings is 4. The molecule has 172 valence electrons. The molecule has 4 aromatic carbocycles. The quantitative estimate of drug-likeness (QED) is 0.198. The normalized spacial score (nSPS) is 12.2. The lowest BCUT2D eigenvalue weighted by atomic mass is 9.92. The summed E-state index contributed by atoms with van der Waals surface area (Å²) in [7, 11) is -3.72. The summed E-state index contributed by atoms with van der Waals surface area (Å²) in [4.78, 5) is 0. The fourth-order valence-electron chi connectivity index (χ4n) is 3.63. The monoisotopic (exact) mass is 480 g/mol. The maximum Gasteiger partial charge on any atom is 0.534 e. The van der Waals surface area contributed by atoms with Gasteiger partial charge in [0.05, 0.1) is 14.2 Å². The van der Waals surface area contributed by atoms with Crippen LogP contribution < -0.4 is 13.7 Å². The van der Waals surface area contributed by atoms with E-state index in [9.17, 15) is 21.6 Å². The van der Waals surface area contributed by atoms with Crippen molar-refractivity contribution in [1.29, 1.82) is 0 Å². The molecule has 0 saturated carbocycles.